The summed E-state index contributed by atoms with van der Waals surface area (Å²) in [6, 6.07) is 25.2. The molecule has 0 unspecified atom stereocenters. The Morgan fingerprint density at radius 3 is 2.12 bits per heavy atom. The summed E-state index contributed by atoms with van der Waals surface area (Å²) in [5.41, 5.74) is 4.34. The molecule has 5 nitrogen and oxygen atoms in total. The number of rotatable bonds is 7. The third-order valence-corrected chi connectivity index (χ3v) is 6.26. The zero-order valence-corrected chi connectivity index (χ0v) is 19.0. The molecule has 3 aromatic carbocycles. The van der Waals surface area contributed by atoms with Gasteiger partial charge in [0.15, 0.2) is 0 Å². The number of nitrogens with zero attached hydrogens (tertiary/aromatic N) is 1. The molecule has 33 heavy (non-hydrogen) atoms. The summed E-state index contributed by atoms with van der Waals surface area (Å²) < 4.78 is 4.69. The van der Waals surface area contributed by atoms with Crippen molar-refractivity contribution in [2.45, 2.75) is 25.8 Å². The Morgan fingerprint density at radius 2 is 1.48 bits per heavy atom. The molecule has 1 aliphatic rings. The molecule has 1 saturated heterocycles. The van der Waals surface area contributed by atoms with Crippen LogP contribution >= 0.6 is 0 Å². The van der Waals surface area contributed by atoms with E-state index >= 15 is 0 Å². The Bertz CT molecular complexity index is 1050. The highest BCUT2D eigenvalue weighted by molar-refractivity contribution is 6.04. The van der Waals surface area contributed by atoms with Gasteiger partial charge in [0, 0.05) is 17.8 Å². The van der Waals surface area contributed by atoms with Gasteiger partial charge in [-0.1, -0.05) is 42.5 Å². The van der Waals surface area contributed by atoms with Crippen LogP contribution in [0.1, 0.15) is 44.7 Å². The first-order valence-corrected chi connectivity index (χ1v) is 11.5. The number of nitrogens with one attached hydrogen (secondary N) is 1. The molecule has 0 aromatic heterocycles. The lowest BCUT2D eigenvalue weighted by Crippen LogP contribution is -2.33. The van der Waals surface area contributed by atoms with E-state index in [1.54, 1.807) is 24.3 Å². The second kappa shape index (κ2) is 10.9. The van der Waals surface area contributed by atoms with Crippen molar-refractivity contribution in [3.63, 3.8) is 0 Å². The van der Waals surface area contributed by atoms with Gasteiger partial charge in [0.25, 0.3) is 5.91 Å². The van der Waals surface area contributed by atoms with Crippen molar-refractivity contribution in [3.8, 4) is 0 Å². The Balaban J connectivity index is 1.25. The number of hydrogen-bond donors (Lipinski definition) is 1. The van der Waals surface area contributed by atoms with Crippen LogP contribution in [0.2, 0.25) is 0 Å². The van der Waals surface area contributed by atoms with E-state index in [1.807, 2.05) is 24.3 Å². The number of carbonyl (C=O) groups excluding carboxylic acids is 2. The van der Waals surface area contributed by atoms with E-state index in [1.165, 1.54) is 37.5 Å². The fourth-order valence-corrected chi connectivity index (χ4v) is 4.33. The van der Waals surface area contributed by atoms with E-state index in [0.29, 0.717) is 16.8 Å². The van der Waals surface area contributed by atoms with Crippen molar-refractivity contribution in [1.29, 1.82) is 0 Å². The molecule has 4 rings (SSSR count). The molecule has 0 saturated carbocycles. The molecule has 0 atom stereocenters. The first-order valence-electron chi connectivity index (χ1n) is 11.5. The molecule has 170 valence electrons. The molecule has 3 aromatic rings. The summed E-state index contributed by atoms with van der Waals surface area (Å²) >= 11 is 0. The number of piperidine rings is 1. The lowest BCUT2D eigenvalue weighted by atomic mass is 9.90. The zero-order chi connectivity index (χ0) is 23.0. The number of likely N-dealkylation sites (tertiary alicyclic amines) is 1. The number of amides is 1. The minimum Gasteiger partial charge on any atom is -0.465 e. The van der Waals surface area contributed by atoms with Crippen LogP contribution in [-0.4, -0.2) is 37.0 Å². The Kier molecular flexibility index (Phi) is 7.53. The number of hydrogen-bond acceptors (Lipinski definition) is 4. The lowest BCUT2D eigenvalue weighted by molar-refractivity contribution is 0.0600. The highest BCUT2D eigenvalue weighted by atomic mass is 16.5. The van der Waals surface area contributed by atoms with E-state index in [-0.39, 0.29) is 5.91 Å². The number of anilines is 1. The van der Waals surface area contributed by atoms with Gasteiger partial charge >= 0.3 is 5.97 Å². The van der Waals surface area contributed by atoms with Gasteiger partial charge in [0.05, 0.1) is 12.7 Å². The van der Waals surface area contributed by atoms with Crippen LogP contribution in [0.15, 0.2) is 78.9 Å². The maximum atomic E-state index is 12.6. The number of methoxy groups -OCH3 is 1. The summed E-state index contributed by atoms with van der Waals surface area (Å²) in [5.74, 6) is 0.189. The lowest BCUT2D eigenvalue weighted by Gasteiger charge is -2.32. The summed E-state index contributed by atoms with van der Waals surface area (Å²) in [5, 5.41) is 2.87. The number of esters is 1. The Labute approximate surface area is 195 Å². The Morgan fingerprint density at radius 1 is 0.848 bits per heavy atom. The molecule has 0 radical (unpaired) electrons. The van der Waals surface area contributed by atoms with Gasteiger partial charge in [-0.05, 0) is 85.8 Å². The van der Waals surface area contributed by atoms with E-state index in [4.69, 9.17) is 4.74 Å². The van der Waals surface area contributed by atoms with Crippen molar-refractivity contribution in [2.24, 2.45) is 5.92 Å². The fourth-order valence-electron chi connectivity index (χ4n) is 4.33. The number of carbonyl (C=O) groups is 2. The number of ether oxygens (including phenoxy) is 1. The van der Waals surface area contributed by atoms with Gasteiger partial charge in [-0.25, -0.2) is 4.79 Å². The summed E-state index contributed by atoms with van der Waals surface area (Å²) in [6.07, 6.45) is 3.62. The molecule has 1 fully saturated rings. The largest absolute Gasteiger partial charge is 0.465 e. The van der Waals surface area contributed by atoms with Gasteiger partial charge in [-0.3, -0.25) is 9.69 Å². The molecule has 1 N–H and O–H groups in total. The van der Waals surface area contributed by atoms with Gasteiger partial charge in [0.2, 0.25) is 0 Å². The van der Waals surface area contributed by atoms with Crippen molar-refractivity contribution >= 4 is 17.6 Å². The van der Waals surface area contributed by atoms with Crippen molar-refractivity contribution in [2.75, 3.05) is 25.5 Å². The van der Waals surface area contributed by atoms with Gasteiger partial charge in [-0.2, -0.15) is 0 Å². The van der Waals surface area contributed by atoms with Crippen LogP contribution in [0.3, 0.4) is 0 Å². The molecule has 0 aliphatic carbocycles. The third-order valence-electron chi connectivity index (χ3n) is 6.26. The molecular weight excluding hydrogens is 412 g/mol. The second-order valence-corrected chi connectivity index (χ2v) is 8.63. The molecule has 1 heterocycles. The van der Waals surface area contributed by atoms with Crippen LogP contribution in [-0.2, 0) is 17.7 Å². The molecule has 1 aliphatic heterocycles. The van der Waals surface area contributed by atoms with E-state index in [0.717, 1.165) is 25.6 Å². The van der Waals surface area contributed by atoms with Gasteiger partial charge in [-0.15, -0.1) is 0 Å². The SMILES string of the molecule is COC(=O)c1ccc(NC(=O)c2ccc(CN3CCC(Cc4ccccc4)CC3)cc2)cc1. The van der Waals surface area contributed by atoms with E-state index in [9.17, 15) is 9.59 Å². The average Bonchev–Trinajstić information content (AvgIpc) is 2.86. The monoisotopic (exact) mass is 442 g/mol. The van der Waals surface area contributed by atoms with E-state index in [2.05, 4.69) is 40.5 Å². The van der Waals surface area contributed by atoms with E-state index < -0.39 is 5.97 Å². The van der Waals surface area contributed by atoms with Crippen molar-refractivity contribution in [3.05, 3.63) is 101 Å². The maximum absolute atomic E-state index is 12.6. The summed E-state index contributed by atoms with van der Waals surface area (Å²) in [7, 11) is 1.34. The van der Waals surface area contributed by atoms with Crippen molar-refractivity contribution in [1.82, 2.24) is 4.90 Å². The average molecular weight is 443 g/mol. The minimum atomic E-state index is -0.399. The zero-order valence-electron chi connectivity index (χ0n) is 19.0. The molecule has 0 spiro atoms. The number of benzene rings is 3. The van der Waals surface area contributed by atoms with Crippen LogP contribution in [0.25, 0.3) is 0 Å². The molecule has 0 bridgehead atoms. The van der Waals surface area contributed by atoms with Crippen LogP contribution in [0.4, 0.5) is 5.69 Å². The third kappa shape index (κ3) is 6.30. The first kappa shape index (κ1) is 22.7. The second-order valence-electron chi connectivity index (χ2n) is 8.63. The topological polar surface area (TPSA) is 58.6 Å². The van der Waals surface area contributed by atoms with Crippen molar-refractivity contribution < 1.29 is 14.3 Å². The van der Waals surface area contributed by atoms with Crippen LogP contribution < -0.4 is 5.32 Å². The summed E-state index contributed by atoms with van der Waals surface area (Å²) in [4.78, 5) is 26.6. The van der Waals surface area contributed by atoms with Gasteiger partial charge < -0.3 is 10.1 Å². The molecular formula is C28H30N2O3. The van der Waals surface area contributed by atoms with Crippen LogP contribution in [0, 0.1) is 5.92 Å². The fraction of sp³-hybridized carbons (Fsp3) is 0.286. The van der Waals surface area contributed by atoms with Crippen LogP contribution in [0.5, 0.6) is 0 Å². The maximum Gasteiger partial charge on any atom is 0.337 e. The first-order chi connectivity index (χ1) is 16.1. The molecule has 1 amide bonds. The summed E-state index contributed by atoms with van der Waals surface area (Å²) in [6.45, 7) is 3.14. The highest BCUT2D eigenvalue weighted by Gasteiger charge is 2.19. The predicted molar refractivity (Wildman–Crippen MR) is 130 cm³/mol. The standard InChI is InChI=1S/C28H30N2O3/c1-33-28(32)25-11-13-26(14-12-25)29-27(31)24-9-7-23(8-10-24)20-30-17-15-22(16-18-30)19-21-5-3-2-4-6-21/h2-14,22H,15-20H2,1H3,(H,29,31). The Hall–Kier alpha value is -3.44. The quantitative estimate of drug-likeness (QED) is 0.512. The highest BCUT2D eigenvalue weighted by Crippen LogP contribution is 2.23. The van der Waals surface area contributed by atoms with Gasteiger partial charge in [0.1, 0.15) is 0 Å². The normalized spacial score (nSPS) is 14.6. The minimum absolute atomic E-state index is 0.172. The predicted octanol–water partition coefficient (Wildman–Crippen LogP) is 5.18. The molecule has 5 heteroatoms. The smallest absolute Gasteiger partial charge is 0.337 e.